The third-order valence-corrected chi connectivity index (χ3v) is 18.5. The van der Waals surface area contributed by atoms with Gasteiger partial charge in [-0.15, -0.1) is 0 Å². The molecule has 0 aliphatic carbocycles. The Morgan fingerprint density at radius 1 is 0.0808 bits per heavy atom. The maximum absolute atomic E-state index is 5.78. The average Bonchev–Trinajstić information content (AvgIpc) is 0.831. The van der Waals surface area contributed by atoms with Crippen LogP contribution in [0.4, 0.5) is 0 Å². The number of ether oxygens (including phenoxy) is 21. The molecule has 21 heteroatoms. The van der Waals surface area contributed by atoms with Gasteiger partial charge in [-0.2, -0.15) is 0 Å². The highest BCUT2D eigenvalue weighted by Gasteiger charge is 2.46. The zero-order valence-electron chi connectivity index (χ0n) is 72.6. The summed E-state index contributed by atoms with van der Waals surface area (Å²) in [5.74, 6) is 4.93. The quantitative estimate of drug-likeness (QED) is 0.0557. The minimum Gasteiger partial charge on any atom is -0.381 e. The van der Waals surface area contributed by atoms with Gasteiger partial charge in [0.05, 0.1) is 67.1 Å². The van der Waals surface area contributed by atoms with Crippen LogP contribution < -0.4 is 0 Å². The van der Waals surface area contributed by atoms with Crippen LogP contribution in [0.15, 0.2) is 0 Å². The second-order valence-corrected chi connectivity index (χ2v) is 29.6. The van der Waals surface area contributed by atoms with Crippen molar-refractivity contribution < 1.29 is 99.5 Å². The molecule has 18 unspecified atom stereocenters. The zero-order valence-corrected chi connectivity index (χ0v) is 72.6. The van der Waals surface area contributed by atoms with Crippen molar-refractivity contribution in [3.63, 3.8) is 0 Å². The third kappa shape index (κ3) is 39.5. The number of hydrogen-bond donors (Lipinski definition) is 0. The minimum absolute atomic E-state index is 0.0139. The van der Waals surface area contributed by atoms with Crippen molar-refractivity contribution in [3.8, 4) is 0 Å². The van der Waals surface area contributed by atoms with E-state index in [-0.39, 0.29) is 134 Å². The van der Waals surface area contributed by atoms with Crippen molar-refractivity contribution in [3.05, 3.63) is 0 Å². The van der Waals surface area contributed by atoms with Crippen molar-refractivity contribution >= 4 is 0 Å². The second-order valence-electron chi connectivity index (χ2n) is 29.6. The molecule has 0 rings (SSSR count). The summed E-state index contributed by atoms with van der Waals surface area (Å²) in [5.41, 5.74) is 0. The highest BCUT2D eigenvalue weighted by molar-refractivity contribution is 4.95. The summed E-state index contributed by atoms with van der Waals surface area (Å²) in [6.45, 7) is 51.1. The predicted molar refractivity (Wildman–Crippen MR) is 405 cm³/mol. The molecule has 0 saturated heterocycles. The molecular weight excluding hydrogens is 1270 g/mol. The number of hydrogen-bond acceptors (Lipinski definition) is 21. The molecule has 0 spiro atoms. The van der Waals surface area contributed by atoms with E-state index in [1.54, 1.807) is 149 Å². The van der Waals surface area contributed by atoms with Crippen LogP contribution in [0.5, 0.6) is 0 Å². The molecule has 0 aliphatic heterocycles. The SMILES string of the molecule is COC(C(C)C)C(C)C.COC(C(C)C)C(OC)C(C)C.COC(C(C)C)C(OC)C(OC)C(C)C.COC(C(C)C)C(OC)C(OC)C(OC)C(C)C.COC(C(C)C)C(OC)C(OC)C(OC)C(OC)C(C)C.COC(C(C)C)C(OC)C(OC)C(OC)C(OC)C(OC)C(C)C. The van der Waals surface area contributed by atoms with Gasteiger partial charge < -0.3 is 99.5 Å². The van der Waals surface area contributed by atoms with E-state index >= 15 is 0 Å². The van der Waals surface area contributed by atoms with E-state index in [4.69, 9.17) is 99.5 Å². The molecule has 0 heterocycles. The lowest BCUT2D eigenvalue weighted by molar-refractivity contribution is -0.201. The molecule has 0 bridgehead atoms. The fourth-order valence-electron chi connectivity index (χ4n) is 13.7. The van der Waals surface area contributed by atoms with Crippen LogP contribution in [-0.2, 0) is 99.5 Å². The van der Waals surface area contributed by atoms with E-state index in [1.807, 2.05) is 0 Å². The summed E-state index contributed by atoms with van der Waals surface area (Å²) < 4.78 is 118. The van der Waals surface area contributed by atoms with Gasteiger partial charge in [-0.3, -0.25) is 0 Å². The molecule has 0 fully saturated rings. The van der Waals surface area contributed by atoms with E-state index in [2.05, 4.69) is 166 Å². The maximum atomic E-state index is 5.78. The summed E-state index contributed by atoms with van der Waals surface area (Å²) in [5, 5.41) is 0. The van der Waals surface area contributed by atoms with Crippen molar-refractivity contribution in [1.82, 2.24) is 0 Å². The Bertz CT molecular complexity index is 1590. The van der Waals surface area contributed by atoms with Gasteiger partial charge in [0.25, 0.3) is 0 Å². The molecule has 0 radical (unpaired) electrons. The van der Waals surface area contributed by atoms with E-state index < -0.39 is 0 Å². The number of rotatable bonds is 48. The molecule has 0 amide bonds. The van der Waals surface area contributed by atoms with Gasteiger partial charge >= 0.3 is 0 Å². The minimum atomic E-state index is -0.367. The fraction of sp³-hybridized carbons (Fsp3) is 1.00. The van der Waals surface area contributed by atoms with Crippen LogP contribution in [0.25, 0.3) is 0 Å². The lowest BCUT2D eigenvalue weighted by Crippen LogP contribution is -2.57. The summed E-state index contributed by atoms with van der Waals surface area (Å²) in [6, 6.07) is 0. The maximum Gasteiger partial charge on any atom is 0.115 e. The first-order chi connectivity index (χ1) is 46.3. The van der Waals surface area contributed by atoms with Crippen LogP contribution in [-0.4, -0.2) is 277 Å². The topological polar surface area (TPSA) is 194 Å². The molecule has 0 saturated carbocycles. The fourth-order valence-corrected chi connectivity index (χ4v) is 13.7. The van der Waals surface area contributed by atoms with Gasteiger partial charge in [0, 0.05) is 149 Å². The van der Waals surface area contributed by atoms with Crippen LogP contribution in [0.1, 0.15) is 166 Å². The van der Waals surface area contributed by atoms with Gasteiger partial charge in [0.2, 0.25) is 0 Å². The average molecular weight is 1440 g/mol. The van der Waals surface area contributed by atoms with E-state index in [9.17, 15) is 0 Å². The van der Waals surface area contributed by atoms with E-state index in [0.717, 1.165) is 0 Å². The lowest BCUT2D eigenvalue weighted by atomic mass is 9.88. The molecular formula is C78H168O21. The summed E-state index contributed by atoms with van der Waals surface area (Å²) >= 11 is 0. The molecule has 21 nitrogen and oxygen atoms in total. The molecule has 0 aromatic carbocycles. The monoisotopic (exact) mass is 1440 g/mol. The Morgan fingerprint density at radius 2 is 0.131 bits per heavy atom. The van der Waals surface area contributed by atoms with Gasteiger partial charge in [-0.1, -0.05) is 166 Å². The van der Waals surface area contributed by atoms with Crippen molar-refractivity contribution in [1.29, 1.82) is 0 Å². The Balaban J connectivity index is -0.000000269. The van der Waals surface area contributed by atoms with E-state index in [1.165, 1.54) is 0 Å². The van der Waals surface area contributed by atoms with Gasteiger partial charge in [0.1, 0.15) is 61.0 Å². The van der Waals surface area contributed by atoms with Gasteiger partial charge in [0.15, 0.2) is 0 Å². The normalized spacial score (nSPS) is 18.4. The molecule has 0 aliphatic rings. The Labute approximate surface area is 611 Å². The highest BCUT2D eigenvalue weighted by Crippen LogP contribution is 2.30. The van der Waals surface area contributed by atoms with Crippen molar-refractivity contribution in [2.45, 2.75) is 294 Å². The third-order valence-electron chi connectivity index (χ3n) is 18.5. The molecule has 0 aromatic rings. The van der Waals surface area contributed by atoms with Crippen molar-refractivity contribution in [2.75, 3.05) is 149 Å². The first kappa shape index (κ1) is 109. The summed E-state index contributed by atoms with van der Waals surface area (Å²) in [4.78, 5) is 0. The second kappa shape index (κ2) is 63.3. The molecule has 606 valence electrons. The summed E-state index contributed by atoms with van der Waals surface area (Å²) in [6.07, 6.45) is -1.87. The number of methoxy groups -OCH3 is 21. The molecule has 99 heavy (non-hydrogen) atoms. The Hall–Kier alpha value is -0.840. The Kier molecular flexibility index (Phi) is 69.7. The standard InChI is InChI=1S/C18H38O6.C16H34O5.C14H30O4.C12H26O3.C10H22O2.C8H18O/c1-11(2)13(19-5)15(21-7)17(23-9)18(24-10)16(22-8)14(20-6)12(3)4;1-10(2)12(17-5)14(19-7)16(21-9)15(20-8)13(18-6)11(3)4;1-9(2)11(15-5)13(17-7)14(18-8)12(16-6)10(3)4;1-8(2)10(13-5)12(15-7)11(14-6)9(3)4;1-7(2)9(11-5)10(12-6)8(3)4;1-6(2)8(9-5)7(3)4/h11-18H,1-10H3;10-16H,1-9H3;9-14H,1-8H3;8-12H,1-7H3;7-10H,1-6H3;6-8H,1-5H3. The van der Waals surface area contributed by atoms with Crippen LogP contribution in [0.2, 0.25) is 0 Å². The first-order valence-electron chi connectivity index (χ1n) is 36.4. The van der Waals surface area contributed by atoms with E-state index in [0.29, 0.717) is 65.3 Å². The smallest absolute Gasteiger partial charge is 0.115 e. The zero-order chi connectivity index (χ0) is 78.9. The summed E-state index contributed by atoms with van der Waals surface area (Å²) in [7, 11) is 35.7. The van der Waals surface area contributed by atoms with Crippen molar-refractivity contribution in [2.24, 2.45) is 71.0 Å². The van der Waals surface area contributed by atoms with Crippen LogP contribution in [0.3, 0.4) is 0 Å². The predicted octanol–water partition coefficient (Wildman–Crippen LogP) is 14.1. The molecule has 0 aromatic heterocycles. The van der Waals surface area contributed by atoms with Crippen LogP contribution in [0, 0.1) is 71.0 Å². The van der Waals surface area contributed by atoms with Gasteiger partial charge in [-0.05, 0) is 71.0 Å². The highest BCUT2D eigenvalue weighted by atomic mass is 16.6. The Morgan fingerprint density at radius 3 is 0.182 bits per heavy atom. The van der Waals surface area contributed by atoms with Gasteiger partial charge in [-0.25, -0.2) is 0 Å². The lowest BCUT2D eigenvalue weighted by Gasteiger charge is -2.41. The first-order valence-corrected chi connectivity index (χ1v) is 36.4. The largest absolute Gasteiger partial charge is 0.381 e. The van der Waals surface area contributed by atoms with Crippen LogP contribution >= 0.6 is 0 Å². The molecule has 0 N–H and O–H groups in total. The molecule has 18 atom stereocenters.